The second-order valence-electron chi connectivity index (χ2n) is 7.30. The molecule has 148 valence electrons. The van der Waals surface area contributed by atoms with Crippen molar-refractivity contribution in [1.82, 2.24) is 29.2 Å². The fourth-order valence-corrected chi connectivity index (χ4v) is 3.88. The SMILES string of the molecule is Cc1cc(C)n(-c2n[nH]c(=S)n2/N=C\c2cc(C)n(C[C@@H]3CCCO3)c2C)n1. The minimum atomic E-state index is 0.301. The smallest absolute Gasteiger partial charge is 0.271 e. The molecule has 1 aliphatic heterocycles. The lowest BCUT2D eigenvalue weighted by Gasteiger charge is -2.14. The molecule has 0 saturated carbocycles. The molecule has 0 spiro atoms. The molecule has 1 N–H and O–H groups in total. The summed E-state index contributed by atoms with van der Waals surface area (Å²) in [4.78, 5) is 0. The average Bonchev–Trinajstić information content (AvgIpc) is 3.40. The molecule has 1 fully saturated rings. The molecule has 4 heterocycles. The minimum absolute atomic E-state index is 0.301. The molecule has 4 rings (SSSR count). The van der Waals surface area contributed by atoms with Crippen LogP contribution in [0.15, 0.2) is 17.2 Å². The van der Waals surface area contributed by atoms with E-state index in [1.54, 1.807) is 9.36 Å². The lowest BCUT2D eigenvalue weighted by molar-refractivity contribution is 0.0962. The van der Waals surface area contributed by atoms with E-state index < -0.39 is 0 Å². The standard InChI is InChI=1S/C19H25N7OS/c1-12-8-14(3)25(23-12)18-21-22-19(28)26(18)20-10-16-9-13(2)24(15(16)4)11-17-6-5-7-27-17/h8-10,17H,5-7,11H2,1-4H3,(H,22,28)/b20-10-/t17-/m0/s1. The van der Waals surface area contributed by atoms with Gasteiger partial charge in [-0.3, -0.25) is 0 Å². The second-order valence-corrected chi connectivity index (χ2v) is 7.68. The molecular weight excluding hydrogens is 374 g/mol. The van der Waals surface area contributed by atoms with Crippen LogP contribution in [-0.4, -0.2) is 48.1 Å². The average molecular weight is 400 g/mol. The van der Waals surface area contributed by atoms with Crippen LogP contribution in [0.1, 0.15) is 41.2 Å². The zero-order valence-electron chi connectivity index (χ0n) is 16.6. The van der Waals surface area contributed by atoms with Crippen molar-refractivity contribution >= 4 is 18.4 Å². The summed E-state index contributed by atoms with van der Waals surface area (Å²) in [5.41, 5.74) is 5.30. The Morgan fingerprint density at radius 2 is 2.11 bits per heavy atom. The van der Waals surface area contributed by atoms with Crippen molar-refractivity contribution < 1.29 is 4.74 Å². The van der Waals surface area contributed by atoms with E-state index in [1.807, 2.05) is 26.1 Å². The zero-order chi connectivity index (χ0) is 19.8. The molecule has 0 amide bonds. The fraction of sp³-hybridized carbons (Fsp3) is 0.474. The predicted molar refractivity (Wildman–Crippen MR) is 110 cm³/mol. The highest BCUT2D eigenvalue weighted by atomic mass is 32.1. The maximum absolute atomic E-state index is 5.79. The highest BCUT2D eigenvalue weighted by Crippen LogP contribution is 2.19. The molecule has 0 unspecified atom stereocenters. The van der Waals surface area contributed by atoms with Gasteiger partial charge in [-0.15, -0.1) is 5.10 Å². The number of aromatic amines is 1. The van der Waals surface area contributed by atoms with Crippen molar-refractivity contribution in [2.45, 2.75) is 53.2 Å². The summed E-state index contributed by atoms with van der Waals surface area (Å²) < 4.78 is 11.9. The summed E-state index contributed by atoms with van der Waals surface area (Å²) in [6.07, 6.45) is 4.40. The minimum Gasteiger partial charge on any atom is -0.376 e. The van der Waals surface area contributed by atoms with Crippen LogP contribution in [0.4, 0.5) is 0 Å². The fourth-order valence-electron chi connectivity index (χ4n) is 3.71. The van der Waals surface area contributed by atoms with Crippen LogP contribution in [0.3, 0.4) is 0 Å². The third-order valence-electron chi connectivity index (χ3n) is 5.17. The normalized spacial score (nSPS) is 17.2. The molecule has 0 bridgehead atoms. The largest absolute Gasteiger partial charge is 0.376 e. The lowest BCUT2D eigenvalue weighted by atomic mass is 10.2. The van der Waals surface area contributed by atoms with E-state index in [2.05, 4.69) is 44.9 Å². The number of nitrogens with zero attached hydrogens (tertiary/aromatic N) is 6. The van der Waals surface area contributed by atoms with Gasteiger partial charge in [-0.05, 0) is 64.9 Å². The van der Waals surface area contributed by atoms with Gasteiger partial charge in [-0.2, -0.15) is 14.9 Å². The highest BCUT2D eigenvalue weighted by molar-refractivity contribution is 7.71. The Kier molecular flexibility index (Phi) is 5.03. The summed E-state index contributed by atoms with van der Waals surface area (Å²) in [6.45, 7) is 9.90. The van der Waals surface area contributed by atoms with E-state index >= 15 is 0 Å². The monoisotopic (exact) mass is 399 g/mol. The maximum atomic E-state index is 5.79. The Labute approximate surface area is 168 Å². The molecular formula is C19H25N7OS. The van der Waals surface area contributed by atoms with Gasteiger partial charge in [0.25, 0.3) is 5.95 Å². The molecule has 1 aliphatic rings. The number of hydrogen-bond acceptors (Lipinski definition) is 5. The van der Waals surface area contributed by atoms with Gasteiger partial charge >= 0.3 is 0 Å². The van der Waals surface area contributed by atoms with Crippen molar-refractivity contribution in [3.8, 4) is 5.95 Å². The summed E-state index contributed by atoms with van der Waals surface area (Å²) in [6, 6.07) is 4.13. The summed E-state index contributed by atoms with van der Waals surface area (Å²) in [5.74, 6) is 0.542. The summed E-state index contributed by atoms with van der Waals surface area (Å²) >= 11 is 5.37. The first-order chi connectivity index (χ1) is 13.4. The van der Waals surface area contributed by atoms with E-state index in [9.17, 15) is 0 Å². The first-order valence-electron chi connectivity index (χ1n) is 9.48. The molecule has 0 aliphatic carbocycles. The first-order valence-corrected chi connectivity index (χ1v) is 9.88. The first kappa shape index (κ1) is 18.8. The van der Waals surface area contributed by atoms with Gasteiger partial charge in [0.05, 0.1) is 18.0 Å². The number of aromatic nitrogens is 6. The Morgan fingerprint density at radius 1 is 1.29 bits per heavy atom. The van der Waals surface area contributed by atoms with Gasteiger partial charge < -0.3 is 9.30 Å². The second kappa shape index (κ2) is 7.48. The molecule has 28 heavy (non-hydrogen) atoms. The van der Waals surface area contributed by atoms with Crippen molar-refractivity contribution in [3.05, 3.63) is 45.2 Å². The molecule has 0 aromatic carbocycles. The molecule has 0 radical (unpaired) electrons. The maximum Gasteiger partial charge on any atom is 0.271 e. The molecule has 9 heteroatoms. The van der Waals surface area contributed by atoms with Crippen molar-refractivity contribution in [2.24, 2.45) is 5.10 Å². The van der Waals surface area contributed by atoms with Crippen LogP contribution in [-0.2, 0) is 11.3 Å². The Balaban J connectivity index is 1.64. The topological polar surface area (TPSA) is 78.0 Å². The van der Waals surface area contributed by atoms with Crippen molar-refractivity contribution in [3.63, 3.8) is 0 Å². The van der Waals surface area contributed by atoms with Crippen LogP contribution in [0.25, 0.3) is 5.95 Å². The number of H-pyrrole nitrogens is 1. The van der Waals surface area contributed by atoms with E-state index in [0.717, 1.165) is 42.9 Å². The molecule has 1 saturated heterocycles. The Bertz CT molecular complexity index is 1080. The van der Waals surface area contributed by atoms with Crippen LogP contribution in [0.2, 0.25) is 0 Å². The number of aryl methyl sites for hydroxylation is 3. The molecule has 1 atom stereocenters. The van der Waals surface area contributed by atoms with Gasteiger partial charge in [0, 0.05) is 35.8 Å². The van der Waals surface area contributed by atoms with Crippen LogP contribution < -0.4 is 0 Å². The van der Waals surface area contributed by atoms with Crippen LogP contribution >= 0.6 is 12.2 Å². The molecule has 3 aromatic heterocycles. The number of rotatable bonds is 5. The van der Waals surface area contributed by atoms with Gasteiger partial charge in [-0.1, -0.05) is 0 Å². The highest BCUT2D eigenvalue weighted by Gasteiger charge is 2.18. The Morgan fingerprint density at radius 3 is 2.79 bits per heavy atom. The van der Waals surface area contributed by atoms with Crippen LogP contribution in [0.5, 0.6) is 0 Å². The summed E-state index contributed by atoms with van der Waals surface area (Å²) in [7, 11) is 0. The van der Waals surface area contributed by atoms with Crippen LogP contribution in [0, 0.1) is 32.5 Å². The third-order valence-corrected chi connectivity index (χ3v) is 5.43. The van der Waals surface area contributed by atoms with Gasteiger partial charge in [-0.25, -0.2) is 9.78 Å². The van der Waals surface area contributed by atoms with Gasteiger partial charge in [0.2, 0.25) is 4.77 Å². The summed E-state index contributed by atoms with van der Waals surface area (Å²) in [5, 5.41) is 16.2. The van der Waals surface area contributed by atoms with Crippen molar-refractivity contribution in [2.75, 3.05) is 6.61 Å². The number of nitrogens with one attached hydrogen (secondary N) is 1. The molecule has 8 nitrogen and oxygen atoms in total. The quantitative estimate of drug-likeness (QED) is 0.528. The van der Waals surface area contributed by atoms with Gasteiger partial charge in [0.15, 0.2) is 0 Å². The Hall–Kier alpha value is -2.52. The molecule has 3 aromatic rings. The number of ether oxygens (including phenoxy) is 1. The van der Waals surface area contributed by atoms with E-state index in [4.69, 9.17) is 17.0 Å². The van der Waals surface area contributed by atoms with E-state index in [-0.39, 0.29) is 0 Å². The van der Waals surface area contributed by atoms with Gasteiger partial charge in [0.1, 0.15) is 0 Å². The van der Waals surface area contributed by atoms with E-state index in [1.165, 1.54) is 11.4 Å². The zero-order valence-corrected chi connectivity index (χ0v) is 17.5. The third kappa shape index (κ3) is 3.47. The number of hydrogen-bond donors (Lipinski definition) is 1. The van der Waals surface area contributed by atoms with Crippen molar-refractivity contribution in [1.29, 1.82) is 0 Å². The lowest BCUT2D eigenvalue weighted by Crippen LogP contribution is -2.16. The predicted octanol–water partition coefficient (Wildman–Crippen LogP) is 3.22. The van der Waals surface area contributed by atoms with E-state index in [0.29, 0.717) is 16.8 Å².